The summed E-state index contributed by atoms with van der Waals surface area (Å²) in [5, 5.41) is 10.7. The van der Waals surface area contributed by atoms with Crippen molar-refractivity contribution < 1.29 is 42.7 Å². The molecule has 2 aliphatic rings. The van der Waals surface area contributed by atoms with Crippen molar-refractivity contribution in [3.05, 3.63) is 41.2 Å². The Morgan fingerprint density at radius 3 is 2.62 bits per heavy atom. The standard InChI is InChI=1S/C25H33FO8/c1-14-10-18(26)22(27)23-19(33-25(3,4)34-23)9-7-8-16-11-17(30-6)12-20(31-13-29-5)21(16)24(28)32-15(14)2/h7-8,10-12,14-15,19,22-23,27H,9,13H2,1-6H3/b8-7+,18-10+/t14-,15+,19+,22?,23?/m1/s1. The SMILES string of the molecule is COCOc1cc(OC)cc2c1C(=O)O[C@@H](C)[C@H](C)/C=C(/F)C(O)C1OC(C)(C)O[C@H]1C/C=C/2. The first kappa shape index (κ1) is 26.2. The fourth-order valence-electron chi connectivity index (χ4n) is 3.93. The average Bonchev–Trinajstić information content (AvgIpc) is 3.09. The molecule has 5 atom stereocenters. The maximum absolute atomic E-state index is 15.0. The summed E-state index contributed by atoms with van der Waals surface area (Å²) in [5.41, 5.74) is 0.694. The van der Waals surface area contributed by atoms with Gasteiger partial charge in [0.15, 0.2) is 12.6 Å². The molecule has 0 spiro atoms. The number of rotatable bonds is 4. The summed E-state index contributed by atoms with van der Waals surface area (Å²) in [5.74, 6) is -2.21. The molecule has 0 saturated carbocycles. The second-order valence-corrected chi connectivity index (χ2v) is 8.88. The molecule has 2 aliphatic heterocycles. The molecule has 1 N–H and O–H groups in total. The van der Waals surface area contributed by atoms with E-state index < -0.39 is 47.9 Å². The molecule has 3 rings (SSSR count). The Morgan fingerprint density at radius 2 is 1.94 bits per heavy atom. The number of carbonyl (C=O) groups excluding carboxylic acids is 1. The monoisotopic (exact) mass is 480 g/mol. The Kier molecular flexibility index (Phi) is 8.35. The number of hydrogen-bond acceptors (Lipinski definition) is 8. The molecule has 1 saturated heterocycles. The topological polar surface area (TPSA) is 92.7 Å². The zero-order valence-electron chi connectivity index (χ0n) is 20.4. The zero-order valence-corrected chi connectivity index (χ0v) is 20.4. The van der Waals surface area contributed by atoms with E-state index in [1.54, 1.807) is 52.0 Å². The molecule has 0 amide bonds. The van der Waals surface area contributed by atoms with E-state index in [2.05, 4.69) is 0 Å². The van der Waals surface area contributed by atoms with Gasteiger partial charge in [-0.25, -0.2) is 9.18 Å². The van der Waals surface area contributed by atoms with Gasteiger partial charge in [0, 0.05) is 19.1 Å². The molecule has 188 valence electrons. The molecule has 2 heterocycles. The maximum Gasteiger partial charge on any atom is 0.342 e. The van der Waals surface area contributed by atoms with Gasteiger partial charge in [-0.05, 0) is 44.9 Å². The van der Waals surface area contributed by atoms with Crippen molar-refractivity contribution in [2.45, 2.75) is 64.3 Å². The summed E-state index contributed by atoms with van der Waals surface area (Å²) < 4.78 is 48.4. The van der Waals surface area contributed by atoms with Crippen molar-refractivity contribution in [1.82, 2.24) is 0 Å². The molecule has 1 aromatic rings. The summed E-state index contributed by atoms with van der Waals surface area (Å²) in [6, 6.07) is 3.27. The van der Waals surface area contributed by atoms with Crippen molar-refractivity contribution in [1.29, 1.82) is 0 Å². The van der Waals surface area contributed by atoms with E-state index >= 15 is 0 Å². The van der Waals surface area contributed by atoms with E-state index in [1.807, 2.05) is 0 Å². The van der Waals surface area contributed by atoms with Crippen LogP contribution in [0.4, 0.5) is 4.39 Å². The summed E-state index contributed by atoms with van der Waals surface area (Å²) >= 11 is 0. The van der Waals surface area contributed by atoms with Crippen LogP contribution in [0.25, 0.3) is 6.08 Å². The van der Waals surface area contributed by atoms with Crippen LogP contribution < -0.4 is 9.47 Å². The van der Waals surface area contributed by atoms with Gasteiger partial charge in [0.2, 0.25) is 0 Å². The third-order valence-electron chi connectivity index (χ3n) is 5.81. The molecule has 8 nitrogen and oxygen atoms in total. The molecule has 0 bridgehead atoms. The summed E-state index contributed by atoms with van der Waals surface area (Å²) in [6.07, 6.45) is 1.28. The van der Waals surface area contributed by atoms with Gasteiger partial charge in [-0.3, -0.25) is 0 Å². The number of cyclic esters (lactones) is 1. The molecular weight excluding hydrogens is 447 g/mol. The van der Waals surface area contributed by atoms with E-state index in [0.29, 0.717) is 17.7 Å². The Balaban J connectivity index is 2.09. The van der Waals surface area contributed by atoms with Gasteiger partial charge in [0.05, 0.1) is 13.2 Å². The molecule has 0 aliphatic carbocycles. The number of hydrogen-bond donors (Lipinski definition) is 1. The van der Waals surface area contributed by atoms with E-state index in [4.69, 9.17) is 28.4 Å². The van der Waals surface area contributed by atoms with Gasteiger partial charge < -0.3 is 33.5 Å². The Morgan fingerprint density at radius 1 is 1.21 bits per heavy atom. The van der Waals surface area contributed by atoms with Crippen LogP contribution in [-0.2, 0) is 18.9 Å². The van der Waals surface area contributed by atoms with Crippen molar-refractivity contribution in [3.63, 3.8) is 0 Å². The number of esters is 1. The minimum atomic E-state index is -1.52. The van der Waals surface area contributed by atoms with Crippen LogP contribution >= 0.6 is 0 Å². The van der Waals surface area contributed by atoms with E-state index in [-0.39, 0.29) is 18.1 Å². The number of halogens is 1. The van der Waals surface area contributed by atoms with Crippen LogP contribution in [0, 0.1) is 5.92 Å². The Labute approximate surface area is 199 Å². The molecule has 2 unspecified atom stereocenters. The van der Waals surface area contributed by atoms with Gasteiger partial charge in [-0.15, -0.1) is 0 Å². The van der Waals surface area contributed by atoms with Crippen LogP contribution in [0.3, 0.4) is 0 Å². The highest BCUT2D eigenvalue weighted by Gasteiger charge is 2.45. The molecule has 1 fully saturated rings. The summed E-state index contributed by atoms with van der Waals surface area (Å²) in [6.45, 7) is 6.69. The quantitative estimate of drug-likeness (QED) is 0.511. The maximum atomic E-state index is 15.0. The largest absolute Gasteiger partial charge is 0.497 e. The highest BCUT2D eigenvalue weighted by Crippen LogP contribution is 2.36. The first-order valence-electron chi connectivity index (χ1n) is 11.2. The third kappa shape index (κ3) is 5.96. The van der Waals surface area contributed by atoms with Crippen molar-refractivity contribution in [3.8, 4) is 11.5 Å². The van der Waals surface area contributed by atoms with E-state index in [0.717, 1.165) is 0 Å². The summed E-state index contributed by atoms with van der Waals surface area (Å²) in [7, 11) is 2.98. The predicted octanol–water partition coefficient (Wildman–Crippen LogP) is 4.01. The summed E-state index contributed by atoms with van der Waals surface area (Å²) in [4.78, 5) is 13.2. The normalized spacial score (nSPS) is 31.8. The lowest BCUT2D eigenvalue weighted by atomic mass is 9.98. The number of carbonyl (C=O) groups is 1. The molecule has 0 radical (unpaired) electrons. The molecule has 9 heteroatoms. The van der Waals surface area contributed by atoms with E-state index in [1.165, 1.54) is 20.3 Å². The smallest absolute Gasteiger partial charge is 0.342 e. The first-order chi connectivity index (χ1) is 16.1. The van der Waals surface area contributed by atoms with Crippen LogP contribution in [0.15, 0.2) is 30.1 Å². The van der Waals surface area contributed by atoms with Gasteiger partial charge in [-0.1, -0.05) is 19.1 Å². The Bertz CT molecular complexity index is 941. The second kappa shape index (κ2) is 10.9. The van der Waals surface area contributed by atoms with Crippen molar-refractivity contribution in [2.24, 2.45) is 5.92 Å². The first-order valence-corrected chi connectivity index (χ1v) is 11.2. The number of fused-ring (bicyclic) bond motifs is 2. The predicted molar refractivity (Wildman–Crippen MR) is 122 cm³/mol. The fourth-order valence-corrected chi connectivity index (χ4v) is 3.93. The van der Waals surface area contributed by atoms with Crippen LogP contribution in [0.2, 0.25) is 0 Å². The molecule has 0 aromatic heterocycles. The second-order valence-electron chi connectivity index (χ2n) is 8.88. The lowest BCUT2D eigenvalue weighted by Crippen LogP contribution is -2.36. The third-order valence-corrected chi connectivity index (χ3v) is 5.81. The average molecular weight is 481 g/mol. The van der Waals surface area contributed by atoms with Gasteiger partial charge in [0.25, 0.3) is 0 Å². The minimum Gasteiger partial charge on any atom is -0.497 e. The van der Waals surface area contributed by atoms with Crippen LogP contribution in [-0.4, -0.2) is 62.3 Å². The number of aliphatic hydroxyl groups is 1. The van der Waals surface area contributed by atoms with Crippen molar-refractivity contribution >= 4 is 12.0 Å². The van der Waals surface area contributed by atoms with Gasteiger partial charge in [0.1, 0.15) is 41.2 Å². The lowest BCUT2D eigenvalue weighted by molar-refractivity contribution is -0.153. The fraction of sp³-hybridized carbons (Fsp3) is 0.560. The molecule has 34 heavy (non-hydrogen) atoms. The highest BCUT2D eigenvalue weighted by molar-refractivity contribution is 5.97. The number of ether oxygens (including phenoxy) is 6. The van der Waals surface area contributed by atoms with E-state index in [9.17, 15) is 14.3 Å². The molecular formula is C25H33FO8. The Hall–Kier alpha value is -2.46. The number of methoxy groups -OCH3 is 2. The van der Waals surface area contributed by atoms with Crippen LogP contribution in [0.1, 0.15) is 50.0 Å². The number of aliphatic hydroxyl groups excluding tert-OH is 1. The molecule has 1 aromatic carbocycles. The zero-order chi connectivity index (χ0) is 25.0. The van der Waals surface area contributed by atoms with Gasteiger partial charge in [-0.2, -0.15) is 0 Å². The highest BCUT2D eigenvalue weighted by atomic mass is 19.1. The van der Waals surface area contributed by atoms with Crippen LogP contribution in [0.5, 0.6) is 11.5 Å². The minimum absolute atomic E-state index is 0.0849. The van der Waals surface area contributed by atoms with Gasteiger partial charge >= 0.3 is 5.97 Å². The number of benzene rings is 1. The van der Waals surface area contributed by atoms with Crippen molar-refractivity contribution in [2.75, 3.05) is 21.0 Å². The lowest BCUT2D eigenvalue weighted by Gasteiger charge is -2.24.